The quantitative estimate of drug-likeness (QED) is 0.780. The Balaban J connectivity index is 2.77. The summed E-state index contributed by atoms with van der Waals surface area (Å²) < 4.78 is 12.6. The average molecular weight is 220 g/mol. The van der Waals surface area contributed by atoms with Crippen molar-refractivity contribution >= 4 is 29.1 Å². The van der Waals surface area contributed by atoms with Crippen molar-refractivity contribution in [2.45, 2.75) is 12.3 Å². The summed E-state index contributed by atoms with van der Waals surface area (Å²) in [5.41, 5.74) is 0.768. The van der Waals surface area contributed by atoms with E-state index in [-0.39, 0.29) is 11.2 Å². The molecule has 1 rings (SSSR count). The second-order valence-corrected chi connectivity index (χ2v) is 4.23. The molecule has 0 heterocycles. The molecule has 0 spiro atoms. The minimum Gasteiger partial charge on any atom is -0.372 e. The summed E-state index contributed by atoms with van der Waals surface area (Å²) in [4.78, 5) is 0. The molecule has 0 aliphatic heterocycles. The van der Waals surface area contributed by atoms with Gasteiger partial charge in [-0.25, -0.2) is 4.39 Å². The molecule has 1 atom stereocenters. The summed E-state index contributed by atoms with van der Waals surface area (Å²) in [6.07, 6.45) is 2.00. The SMILES string of the molecule is CSC(C)Nc1ccc(F)cc1Cl. The van der Waals surface area contributed by atoms with Crippen LogP contribution >= 0.6 is 23.4 Å². The van der Waals surface area contributed by atoms with E-state index < -0.39 is 0 Å². The molecule has 1 nitrogen and oxygen atoms in total. The first kappa shape index (κ1) is 10.7. The lowest BCUT2D eigenvalue weighted by Crippen LogP contribution is -2.10. The highest BCUT2D eigenvalue weighted by Crippen LogP contribution is 2.24. The van der Waals surface area contributed by atoms with Crippen LogP contribution in [0.15, 0.2) is 18.2 Å². The summed E-state index contributed by atoms with van der Waals surface area (Å²) in [7, 11) is 0. The molecular weight excluding hydrogens is 209 g/mol. The van der Waals surface area contributed by atoms with Crippen molar-refractivity contribution in [3.8, 4) is 0 Å². The molecule has 13 heavy (non-hydrogen) atoms. The Morgan fingerprint density at radius 3 is 2.77 bits per heavy atom. The van der Waals surface area contributed by atoms with Crippen molar-refractivity contribution < 1.29 is 4.39 Å². The maximum absolute atomic E-state index is 12.6. The van der Waals surface area contributed by atoms with Crippen LogP contribution in [0.5, 0.6) is 0 Å². The molecule has 4 heteroatoms. The average Bonchev–Trinajstić information content (AvgIpc) is 2.09. The second-order valence-electron chi connectivity index (χ2n) is 2.65. The van der Waals surface area contributed by atoms with E-state index in [4.69, 9.17) is 11.6 Å². The van der Waals surface area contributed by atoms with Gasteiger partial charge in [0, 0.05) is 0 Å². The zero-order valence-corrected chi connectivity index (χ0v) is 9.05. The van der Waals surface area contributed by atoms with Gasteiger partial charge in [0.15, 0.2) is 0 Å². The van der Waals surface area contributed by atoms with Crippen molar-refractivity contribution in [3.05, 3.63) is 29.0 Å². The number of rotatable bonds is 3. The van der Waals surface area contributed by atoms with Crippen LogP contribution in [0.4, 0.5) is 10.1 Å². The number of nitrogens with one attached hydrogen (secondary N) is 1. The van der Waals surface area contributed by atoms with Crippen LogP contribution in [0.3, 0.4) is 0 Å². The molecule has 0 saturated heterocycles. The van der Waals surface area contributed by atoms with E-state index in [9.17, 15) is 4.39 Å². The lowest BCUT2D eigenvalue weighted by atomic mass is 10.3. The number of halogens is 2. The number of anilines is 1. The Hall–Kier alpha value is -0.410. The van der Waals surface area contributed by atoms with E-state index in [0.717, 1.165) is 5.69 Å². The van der Waals surface area contributed by atoms with E-state index in [0.29, 0.717) is 5.02 Å². The largest absolute Gasteiger partial charge is 0.372 e. The van der Waals surface area contributed by atoms with Crippen molar-refractivity contribution in [2.24, 2.45) is 0 Å². The maximum Gasteiger partial charge on any atom is 0.124 e. The molecule has 0 bridgehead atoms. The summed E-state index contributed by atoms with van der Waals surface area (Å²) in [5, 5.41) is 3.84. The Labute approximate surface area is 86.7 Å². The molecule has 0 radical (unpaired) electrons. The molecule has 0 saturated carbocycles. The Bertz CT molecular complexity index is 293. The molecule has 0 aliphatic carbocycles. The number of hydrogen-bond acceptors (Lipinski definition) is 2. The summed E-state index contributed by atoms with van der Waals surface area (Å²) in [5.74, 6) is -0.313. The first-order chi connectivity index (χ1) is 6.13. The van der Waals surface area contributed by atoms with Gasteiger partial charge in [0.1, 0.15) is 5.82 Å². The van der Waals surface area contributed by atoms with Crippen LogP contribution < -0.4 is 5.32 Å². The molecule has 0 amide bonds. The Morgan fingerprint density at radius 1 is 1.54 bits per heavy atom. The van der Waals surface area contributed by atoms with Gasteiger partial charge >= 0.3 is 0 Å². The van der Waals surface area contributed by atoms with Gasteiger partial charge in [0.05, 0.1) is 16.1 Å². The predicted octanol–water partition coefficient (Wildman–Crippen LogP) is 3.60. The van der Waals surface area contributed by atoms with Crippen LogP contribution in [0.2, 0.25) is 5.02 Å². The lowest BCUT2D eigenvalue weighted by Gasteiger charge is -2.13. The summed E-state index contributed by atoms with van der Waals surface area (Å²) >= 11 is 7.49. The van der Waals surface area contributed by atoms with E-state index in [1.165, 1.54) is 12.1 Å². The van der Waals surface area contributed by atoms with Crippen molar-refractivity contribution in [3.63, 3.8) is 0 Å². The molecule has 0 aliphatic rings. The van der Waals surface area contributed by atoms with Crippen LogP contribution in [0, 0.1) is 5.82 Å². The zero-order chi connectivity index (χ0) is 9.84. The van der Waals surface area contributed by atoms with E-state index in [1.807, 2.05) is 13.2 Å². The lowest BCUT2D eigenvalue weighted by molar-refractivity contribution is 0.628. The predicted molar refractivity (Wildman–Crippen MR) is 58.0 cm³/mol. The van der Waals surface area contributed by atoms with Crippen molar-refractivity contribution in [2.75, 3.05) is 11.6 Å². The third-order valence-electron chi connectivity index (χ3n) is 1.64. The van der Waals surface area contributed by atoms with Gasteiger partial charge in [-0.2, -0.15) is 0 Å². The minimum absolute atomic E-state index is 0.267. The van der Waals surface area contributed by atoms with Crippen molar-refractivity contribution in [1.82, 2.24) is 0 Å². The van der Waals surface area contributed by atoms with Crippen LogP contribution in [0.1, 0.15) is 6.92 Å². The fourth-order valence-electron chi connectivity index (χ4n) is 0.884. The third-order valence-corrected chi connectivity index (χ3v) is 2.78. The first-order valence-electron chi connectivity index (χ1n) is 3.88. The highest BCUT2D eigenvalue weighted by molar-refractivity contribution is 7.99. The van der Waals surface area contributed by atoms with E-state index in [2.05, 4.69) is 5.32 Å². The molecule has 1 aromatic carbocycles. The number of benzene rings is 1. The van der Waals surface area contributed by atoms with Gasteiger partial charge in [-0.05, 0) is 31.4 Å². The van der Waals surface area contributed by atoms with Gasteiger partial charge in [0.2, 0.25) is 0 Å². The van der Waals surface area contributed by atoms with Gasteiger partial charge in [-0.15, -0.1) is 11.8 Å². The molecule has 0 aromatic heterocycles. The minimum atomic E-state index is -0.313. The Morgan fingerprint density at radius 2 is 2.23 bits per heavy atom. The fraction of sp³-hybridized carbons (Fsp3) is 0.333. The Kier molecular flexibility index (Phi) is 3.88. The fourth-order valence-corrected chi connectivity index (χ4v) is 1.35. The third kappa shape index (κ3) is 3.08. The smallest absolute Gasteiger partial charge is 0.124 e. The molecule has 1 unspecified atom stereocenters. The highest BCUT2D eigenvalue weighted by Gasteiger charge is 2.04. The van der Waals surface area contributed by atoms with Crippen LogP contribution in [-0.2, 0) is 0 Å². The summed E-state index contributed by atoms with van der Waals surface area (Å²) in [6.45, 7) is 2.02. The molecular formula is C9H11ClFNS. The zero-order valence-electron chi connectivity index (χ0n) is 7.47. The standard InChI is InChI=1S/C9H11ClFNS/c1-6(13-2)12-9-4-3-7(11)5-8(9)10/h3-6,12H,1-2H3. The summed E-state index contributed by atoms with van der Waals surface area (Å²) in [6, 6.07) is 4.34. The van der Waals surface area contributed by atoms with Gasteiger partial charge in [0.25, 0.3) is 0 Å². The van der Waals surface area contributed by atoms with Crippen molar-refractivity contribution in [1.29, 1.82) is 0 Å². The first-order valence-corrected chi connectivity index (χ1v) is 5.54. The molecule has 72 valence electrons. The highest BCUT2D eigenvalue weighted by atomic mass is 35.5. The van der Waals surface area contributed by atoms with Gasteiger partial charge < -0.3 is 5.32 Å². The van der Waals surface area contributed by atoms with Gasteiger partial charge in [-0.1, -0.05) is 11.6 Å². The monoisotopic (exact) mass is 219 g/mol. The van der Waals surface area contributed by atoms with Crippen LogP contribution in [0.25, 0.3) is 0 Å². The molecule has 1 N–H and O–H groups in total. The maximum atomic E-state index is 12.6. The van der Waals surface area contributed by atoms with Gasteiger partial charge in [-0.3, -0.25) is 0 Å². The second kappa shape index (κ2) is 4.72. The topological polar surface area (TPSA) is 12.0 Å². The number of hydrogen-bond donors (Lipinski definition) is 1. The molecule has 0 fully saturated rings. The normalized spacial score (nSPS) is 12.6. The van der Waals surface area contributed by atoms with E-state index in [1.54, 1.807) is 17.8 Å². The van der Waals surface area contributed by atoms with E-state index >= 15 is 0 Å². The van der Waals surface area contributed by atoms with Crippen LogP contribution in [-0.4, -0.2) is 11.6 Å². The molecule has 1 aromatic rings. The number of thioether (sulfide) groups is 1.